The first-order chi connectivity index (χ1) is 13.0. The third-order valence-corrected chi connectivity index (χ3v) is 9.20. The molecule has 0 radical (unpaired) electrons. The SMILES string of the molecule is CN=C(NC1CC1Cc1ccccc1)N1CCS(=O)(=O)C2(CCCCC2)C1. The maximum Gasteiger partial charge on any atom is 0.193 e. The first-order valence-corrected chi connectivity index (χ1v) is 11.9. The largest absolute Gasteiger partial charge is 0.353 e. The van der Waals surface area contributed by atoms with Gasteiger partial charge in [-0.15, -0.1) is 0 Å². The molecule has 1 aliphatic heterocycles. The van der Waals surface area contributed by atoms with Crippen LogP contribution in [0.1, 0.15) is 44.1 Å². The summed E-state index contributed by atoms with van der Waals surface area (Å²) in [4.78, 5) is 6.69. The summed E-state index contributed by atoms with van der Waals surface area (Å²) in [6.07, 6.45) is 7.08. The monoisotopic (exact) mass is 389 g/mol. The van der Waals surface area contributed by atoms with Crippen LogP contribution in [-0.4, -0.2) is 56.0 Å². The highest BCUT2D eigenvalue weighted by Crippen LogP contribution is 2.39. The molecule has 2 unspecified atom stereocenters. The van der Waals surface area contributed by atoms with Gasteiger partial charge in [-0.3, -0.25) is 4.99 Å². The normalized spacial score (nSPS) is 29.5. The maximum absolute atomic E-state index is 12.8. The predicted octanol–water partition coefficient (Wildman–Crippen LogP) is 2.63. The fourth-order valence-electron chi connectivity index (χ4n) is 4.85. The Morgan fingerprint density at radius 3 is 2.67 bits per heavy atom. The van der Waals surface area contributed by atoms with Crippen LogP contribution in [0.4, 0.5) is 0 Å². The van der Waals surface area contributed by atoms with Crippen LogP contribution >= 0.6 is 0 Å². The van der Waals surface area contributed by atoms with Gasteiger partial charge >= 0.3 is 0 Å². The molecule has 2 atom stereocenters. The second kappa shape index (κ2) is 7.46. The molecule has 4 rings (SSSR count). The number of hydrogen-bond acceptors (Lipinski definition) is 3. The molecule has 0 aromatic heterocycles. The van der Waals surface area contributed by atoms with E-state index in [2.05, 4.69) is 45.5 Å². The van der Waals surface area contributed by atoms with Crippen LogP contribution in [0.2, 0.25) is 0 Å². The lowest BCUT2D eigenvalue weighted by Crippen LogP contribution is -2.60. The van der Waals surface area contributed by atoms with Gasteiger partial charge in [-0.2, -0.15) is 0 Å². The van der Waals surface area contributed by atoms with E-state index < -0.39 is 14.6 Å². The Morgan fingerprint density at radius 2 is 1.96 bits per heavy atom. The molecule has 1 aromatic rings. The minimum atomic E-state index is -3.01. The summed E-state index contributed by atoms with van der Waals surface area (Å²) in [5, 5.41) is 3.61. The fourth-order valence-corrected chi connectivity index (χ4v) is 7.01. The van der Waals surface area contributed by atoms with Crippen LogP contribution in [0.5, 0.6) is 0 Å². The Hall–Kier alpha value is -1.56. The Kier molecular flexibility index (Phi) is 5.19. The number of sulfone groups is 1. The van der Waals surface area contributed by atoms with Crippen molar-refractivity contribution >= 4 is 15.8 Å². The van der Waals surface area contributed by atoms with E-state index in [1.54, 1.807) is 0 Å². The summed E-state index contributed by atoms with van der Waals surface area (Å²) in [5.74, 6) is 1.78. The van der Waals surface area contributed by atoms with E-state index in [9.17, 15) is 8.42 Å². The molecule has 3 aliphatic rings. The molecule has 5 nitrogen and oxygen atoms in total. The molecule has 0 bridgehead atoms. The minimum Gasteiger partial charge on any atom is -0.353 e. The van der Waals surface area contributed by atoms with E-state index in [-0.39, 0.29) is 5.75 Å². The van der Waals surface area contributed by atoms with Gasteiger partial charge in [-0.05, 0) is 37.2 Å². The number of nitrogens with one attached hydrogen (secondary N) is 1. The Morgan fingerprint density at radius 1 is 1.22 bits per heavy atom. The van der Waals surface area contributed by atoms with Crippen LogP contribution < -0.4 is 5.32 Å². The summed E-state index contributed by atoms with van der Waals surface area (Å²) in [7, 11) is -1.20. The van der Waals surface area contributed by atoms with Crippen molar-refractivity contribution in [3.8, 4) is 0 Å². The van der Waals surface area contributed by atoms with Crippen molar-refractivity contribution in [3.63, 3.8) is 0 Å². The van der Waals surface area contributed by atoms with Crippen molar-refractivity contribution in [2.75, 3.05) is 25.9 Å². The van der Waals surface area contributed by atoms with Crippen molar-refractivity contribution in [1.82, 2.24) is 10.2 Å². The molecule has 1 aromatic carbocycles. The molecule has 1 heterocycles. The molecular weight excluding hydrogens is 358 g/mol. The number of aliphatic imine (C=N–C) groups is 1. The van der Waals surface area contributed by atoms with Crippen molar-refractivity contribution in [3.05, 3.63) is 35.9 Å². The number of benzene rings is 1. The van der Waals surface area contributed by atoms with E-state index in [1.165, 1.54) is 5.56 Å². The van der Waals surface area contributed by atoms with Crippen LogP contribution in [0.15, 0.2) is 35.3 Å². The van der Waals surface area contributed by atoms with Crippen LogP contribution in [0.25, 0.3) is 0 Å². The second-order valence-corrected chi connectivity index (χ2v) is 11.0. The van der Waals surface area contributed by atoms with E-state index >= 15 is 0 Å². The van der Waals surface area contributed by atoms with Gasteiger partial charge in [0.25, 0.3) is 0 Å². The van der Waals surface area contributed by atoms with E-state index in [4.69, 9.17) is 0 Å². The van der Waals surface area contributed by atoms with Crippen LogP contribution in [0, 0.1) is 5.92 Å². The topological polar surface area (TPSA) is 61.8 Å². The summed E-state index contributed by atoms with van der Waals surface area (Å²) >= 11 is 0. The third kappa shape index (κ3) is 3.86. The average molecular weight is 390 g/mol. The molecule has 0 amide bonds. The van der Waals surface area contributed by atoms with Crippen molar-refractivity contribution < 1.29 is 8.42 Å². The zero-order chi connectivity index (χ0) is 18.9. The highest BCUT2D eigenvalue weighted by molar-refractivity contribution is 7.92. The Labute approximate surface area is 163 Å². The molecule has 27 heavy (non-hydrogen) atoms. The Balaban J connectivity index is 1.39. The van der Waals surface area contributed by atoms with Gasteiger partial charge in [-0.1, -0.05) is 49.6 Å². The van der Waals surface area contributed by atoms with E-state index in [0.717, 1.165) is 50.9 Å². The fraction of sp³-hybridized carbons (Fsp3) is 0.667. The summed E-state index contributed by atoms with van der Waals surface area (Å²) in [5.41, 5.74) is 1.38. The first kappa shape index (κ1) is 18.8. The van der Waals surface area contributed by atoms with Crippen molar-refractivity contribution in [2.45, 2.75) is 55.7 Å². The van der Waals surface area contributed by atoms with Gasteiger partial charge in [0.2, 0.25) is 0 Å². The second-order valence-electron chi connectivity index (χ2n) is 8.47. The highest BCUT2D eigenvalue weighted by Gasteiger charge is 2.49. The average Bonchev–Trinajstić information content (AvgIpc) is 3.41. The summed E-state index contributed by atoms with van der Waals surface area (Å²) < 4.78 is 25.1. The van der Waals surface area contributed by atoms with Gasteiger partial charge in [0.15, 0.2) is 15.8 Å². The number of nitrogens with zero attached hydrogens (tertiary/aromatic N) is 2. The molecule has 6 heteroatoms. The van der Waals surface area contributed by atoms with Gasteiger partial charge in [-0.25, -0.2) is 8.42 Å². The molecule has 148 valence electrons. The lowest BCUT2D eigenvalue weighted by molar-refractivity contribution is 0.273. The molecule has 1 saturated heterocycles. The van der Waals surface area contributed by atoms with Gasteiger partial charge in [0.05, 0.1) is 10.5 Å². The van der Waals surface area contributed by atoms with Crippen LogP contribution in [-0.2, 0) is 16.3 Å². The smallest absolute Gasteiger partial charge is 0.193 e. The summed E-state index contributed by atoms with van der Waals surface area (Å²) in [6.45, 7) is 1.16. The molecule has 3 fully saturated rings. The predicted molar refractivity (Wildman–Crippen MR) is 110 cm³/mol. The van der Waals surface area contributed by atoms with Crippen molar-refractivity contribution in [1.29, 1.82) is 0 Å². The van der Waals surface area contributed by atoms with Gasteiger partial charge in [0.1, 0.15) is 0 Å². The first-order valence-electron chi connectivity index (χ1n) is 10.3. The van der Waals surface area contributed by atoms with Gasteiger partial charge < -0.3 is 10.2 Å². The van der Waals surface area contributed by atoms with E-state index in [0.29, 0.717) is 25.0 Å². The Bertz CT molecular complexity index is 785. The van der Waals surface area contributed by atoms with E-state index in [1.807, 2.05) is 7.05 Å². The number of hydrogen-bond donors (Lipinski definition) is 1. The van der Waals surface area contributed by atoms with Crippen molar-refractivity contribution in [2.24, 2.45) is 10.9 Å². The zero-order valence-electron chi connectivity index (χ0n) is 16.2. The van der Waals surface area contributed by atoms with Crippen LogP contribution in [0.3, 0.4) is 0 Å². The lowest BCUT2D eigenvalue weighted by atomic mass is 9.87. The quantitative estimate of drug-likeness (QED) is 0.638. The summed E-state index contributed by atoms with van der Waals surface area (Å²) in [6, 6.07) is 11.1. The molecule has 1 N–H and O–H groups in total. The third-order valence-electron chi connectivity index (χ3n) is 6.62. The lowest BCUT2D eigenvalue weighted by Gasteiger charge is -2.45. The van der Waals surface area contributed by atoms with Gasteiger partial charge in [0, 0.05) is 26.2 Å². The standard InChI is InChI=1S/C21H31N3O2S/c1-22-20(23-19-15-18(19)14-17-8-4-2-5-9-17)24-12-13-27(25,26)21(16-24)10-6-3-7-11-21/h2,4-5,8-9,18-19H,3,6-7,10-16H2,1H3,(H,22,23). The highest BCUT2D eigenvalue weighted by atomic mass is 32.2. The molecular formula is C21H31N3O2S. The molecule has 1 spiro atoms. The molecule has 2 saturated carbocycles. The minimum absolute atomic E-state index is 0.256. The number of guanidine groups is 1. The number of rotatable bonds is 3. The molecule has 2 aliphatic carbocycles. The maximum atomic E-state index is 12.8. The zero-order valence-corrected chi connectivity index (χ0v) is 17.0.